The smallest absolute Gasteiger partial charge is 0.272 e. The molecule has 27 heavy (non-hydrogen) atoms. The van der Waals surface area contributed by atoms with E-state index in [2.05, 4.69) is 28.7 Å². The minimum Gasteiger partial charge on any atom is -0.368 e. The maximum atomic E-state index is 13.1. The van der Waals surface area contributed by atoms with Crippen LogP contribution < -0.4 is 5.73 Å². The molecule has 3 aliphatic rings. The monoisotopic (exact) mass is 371 g/mol. The molecule has 2 saturated heterocycles. The van der Waals surface area contributed by atoms with Crippen LogP contribution in [0.1, 0.15) is 62.1 Å². The molecule has 148 valence electrons. The van der Waals surface area contributed by atoms with E-state index in [-0.39, 0.29) is 17.3 Å². The third kappa shape index (κ3) is 4.42. The van der Waals surface area contributed by atoms with Gasteiger partial charge in [-0.2, -0.15) is 0 Å². The van der Waals surface area contributed by atoms with Crippen LogP contribution in [0.2, 0.25) is 0 Å². The summed E-state index contributed by atoms with van der Waals surface area (Å²) in [4.78, 5) is 26.3. The van der Waals surface area contributed by atoms with Gasteiger partial charge in [-0.1, -0.05) is 13.8 Å². The highest BCUT2D eigenvalue weighted by atomic mass is 16.2. The lowest BCUT2D eigenvalue weighted by Crippen LogP contribution is -2.46. The zero-order chi connectivity index (χ0) is 19.0. The van der Waals surface area contributed by atoms with Crippen LogP contribution in [0.15, 0.2) is 6.07 Å². The molecule has 2 N–H and O–H groups in total. The molecule has 1 aliphatic carbocycles. The number of amides is 1. The second-order valence-electron chi connectivity index (χ2n) is 9.46. The van der Waals surface area contributed by atoms with Crippen molar-refractivity contribution in [3.05, 3.63) is 17.5 Å². The van der Waals surface area contributed by atoms with Crippen LogP contribution in [0, 0.1) is 17.3 Å². The molecule has 1 aromatic rings. The zero-order valence-electron chi connectivity index (χ0n) is 16.8. The molecule has 1 aromatic heterocycles. The fourth-order valence-electron chi connectivity index (χ4n) is 4.89. The Morgan fingerprint density at radius 2 is 2.07 bits per heavy atom. The van der Waals surface area contributed by atoms with Crippen molar-refractivity contribution in [1.29, 1.82) is 0 Å². The number of nitrogens with two attached hydrogens (primary N) is 1. The molecule has 4 rings (SSSR count). The van der Waals surface area contributed by atoms with Crippen LogP contribution in [0.25, 0.3) is 0 Å². The summed E-state index contributed by atoms with van der Waals surface area (Å²) in [6, 6.07) is 1.84. The van der Waals surface area contributed by atoms with Crippen LogP contribution in [-0.4, -0.2) is 58.4 Å². The summed E-state index contributed by atoms with van der Waals surface area (Å²) in [6.45, 7) is 9.61. The molecule has 6 heteroatoms. The number of carbonyl (C=O) groups is 1. The molecule has 0 bridgehead atoms. The topological polar surface area (TPSA) is 75.4 Å². The van der Waals surface area contributed by atoms with E-state index in [0.717, 1.165) is 44.1 Å². The first kappa shape index (κ1) is 18.7. The highest BCUT2D eigenvalue weighted by molar-refractivity contribution is 5.92. The van der Waals surface area contributed by atoms with E-state index in [1.165, 1.54) is 38.8 Å². The molecule has 0 radical (unpaired) electrons. The van der Waals surface area contributed by atoms with Gasteiger partial charge in [0.05, 0.1) is 0 Å². The summed E-state index contributed by atoms with van der Waals surface area (Å²) in [7, 11) is 0. The van der Waals surface area contributed by atoms with Crippen LogP contribution in [0.3, 0.4) is 0 Å². The molecular weight excluding hydrogens is 338 g/mol. The summed E-state index contributed by atoms with van der Waals surface area (Å²) in [5, 5.41) is 0. The fourth-order valence-corrected chi connectivity index (χ4v) is 4.89. The SMILES string of the molecule is CC(C)Cc1cc(C(=O)N2CCC3(CCCN(CC4CC4)C3)C2)nc(N)n1. The molecule has 3 heterocycles. The number of likely N-dealkylation sites (tertiary alicyclic amines) is 2. The predicted octanol–water partition coefficient (Wildman–Crippen LogP) is 2.60. The first-order chi connectivity index (χ1) is 12.9. The maximum absolute atomic E-state index is 13.1. The fraction of sp³-hybridized carbons (Fsp3) is 0.762. The number of nitrogens with zero attached hydrogens (tertiary/aromatic N) is 4. The van der Waals surface area contributed by atoms with Crippen molar-refractivity contribution >= 4 is 11.9 Å². The number of anilines is 1. The Kier molecular flexibility index (Phi) is 5.10. The van der Waals surface area contributed by atoms with E-state index >= 15 is 0 Å². The van der Waals surface area contributed by atoms with Crippen molar-refractivity contribution < 1.29 is 4.79 Å². The first-order valence-corrected chi connectivity index (χ1v) is 10.6. The largest absolute Gasteiger partial charge is 0.368 e. The second kappa shape index (κ2) is 7.38. The number of hydrogen-bond donors (Lipinski definition) is 1. The average Bonchev–Trinajstić information content (AvgIpc) is 3.33. The van der Waals surface area contributed by atoms with Gasteiger partial charge in [-0.15, -0.1) is 0 Å². The van der Waals surface area contributed by atoms with Gasteiger partial charge < -0.3 is 15.5 Å². The quantitative estimate of drug-likeness (QED) is 0.861. The Morgan fingerprint density at radius 3 is 2.81 bits per heavy atom. The van der Waals surface area contributed by atoms with Crippen LogP contribution in [0.5, 0.6) is 0 Å². The van der Waals surface area contributed by atoms with Crippen molar-refractivity contribution in [2.45, 2.75) is 52.4 Å². The molecular formula is C21H33N5O. The lowest BCUT2D eigenvalue weighted by atomic mass is 9.79. The standard InChI is InChI=1S/C21H33N5O/c1-15(2)10-17-11-18(24-20(22)23-17)19(27)26-9-7-21(14-26)6-3-8-25(13-21)12-16-4-5-16/h11,15-16H,3-10,12-14H2,1-2H3,(H2,22,23,24). The van der Waals surface area contributed by atoms with Crippen molar-refractivity contribution in [3.8, 4) is 0 Å². The van der Waals surface area contributed by atoms with E-state index in [4.69, 9.17) is 5.73 Å². The summed E-state index contributed by atoms with van der Waals surface area (Å²) >= 11 is 0. The van der Waals surface area contributed by atoms with Gasteiger partial charge in [-0.05, 0) is 63.0 Å². The molecule has 2 aliphatic heterocycles. The van der Waals surface area contributed by atoms with Gasteiger partial charge in [-0.25, -0.2) is 9.97 Å². The van der Waals surface area contributed by atoms with Gasteiger partial charge in [0.25, 0.3) is 5.91 Å². The molecule has 0 aromatic carbocycles. The van der Waals surface area contributed by atoms with E-state index < -0.39 is 0 Å². The lowest BCUT2D eigenvalue weighted by Gasteiger charge is -2.40. The molecule has 1 unspecified atom stereocenters. The minimum atomic E-state index is 0.0188. The predicted molar refractivity (Wildman–Crippen MR) is 106 cm³/mol. The van der Waals surface area contributed by atoms with E-state index in [1.807, 2.05) is 11.0 Å². The van der Waals surface area contributed by atoms with Gasteiger partial charge in [-0.3, -0.25) is 4.79 Å². The Hall–Kier alpha value is -1.69. The van der Waals surface area contributed by atoms with E-state index in [9.17, 15) is 4.79 Å². The summed E-state index contributed by atoms with van der Waals surface area (Å²) < 4.78 is 0. The Bertz CT molecular complexity index is 702. The van der Waals surface area contributed by atoms with Gasteiger partial charge in [0.1, 0.15) is 5.69 Å². The summed E-state index contributed by atoms with van der Waals surface area (Å²) in [5.74, 6) is 1.63. The molecule has 1 amide bonds. The minimum absolute atomic E-state index is 0.0188. The number of nitrogen functional groups attached to an aromatic ring is 1. The first-order valence-electron chi connectivity index (χ1n) is 10.6. The van der Waals surface area contributed by atoms with E-state index in [1.54, 1.807) is 0 Å². The number of carbonyl (C=O) groups excluding carboxylic acids is 1. The average molecular weight is 372 g/mol. The number of piperidine rings is 1. The molecule has 1 spiro atoms. The summed E-state index contributed by atoms with van der Waals surface area (Å²) in [5.41, 5.74) is 7.48. The number of aromatic nitrogens is 2. The van der Waals surface area contributed by atoms with Crippen molar-refractivity contribution in [2.75, 3.05) is 38.5 Å². The van der Waals surface area contributed by atoms with Crippen LogP contribution in [0.4, 0.5) is 5.95 Å². The number of rotatable bonds is 5. The van der Waals surface area contributed by atoms with E-state index in [0.29, 0.717) is 11.6 Å². The Balaban J connectivity index is 1.43. The van der Waals surface area contributed by atoms with Crippen molar-refractivity contribution in [3.63, 3.8) is 0 Å². The highest BCUT2D eigenvalue weighted by Crippen LogP contribution is 2.41. The zero-order valence-corrected chi connectivity index (χ0v) is 16.8. The molecule has 3 fully saturated rings. The molecule has 6 nitrogen and oxygen atoms in total. The van der Waals surface area contributed by atoms with Gasteiger partial charge >= 0.3 is 0 Å². The normalized spacial score (nSPS) is 26.3. The van der Waals surface area contributed by atoms with Crippen LogP contribution in [-0.2, 0) is 6.42 Å². The maximum Gasteiger partial charge on any atom is 0.272 e. The summed E-state index contributed by atoms with van der Waals surface area (Å²) in [6.07, 6.45) is 7.23. The van der Waals surface area contributed by atoms with Crippen LogP contribution >= 0.6 is 0 Å². The third-order valence-electron chi connectivity index (χ3n) is 6.31. The Labute approximate surface area is 162 Å². The number of hydrogen-bond acceptors (Lipinski definition) is 5. The third-order valence-corrected chi connectivity index (χ3v) is 6.31. The van der Waals surface area contributed by atoms with Gasteiger partial charge in [0, 0.05) is 37.3 Å². The molecule has 1 atom stereocenters. The molecule has 1 saturated carbocycles. The Morgan fingerprint density at radius 1 is 1.26 bits per heavy atom. The van der Waals surface area contributed by atoms with Gasteiger partial charge in [0.2, 0.25) is 5.95 Å². The lowest BCUT2D eigenvalue weighted by molar-refractivity contribution is 0.0676. The van der Waals surface area contributed by atoms with Gasteiger partial charge in [0.15, 0.2) is 0 Å². The van der Waals surface area contributed by atoms with Crippen molar-refractivity contribution in [2.24, 2.45) is 17.3 Å². The van der Waals surface area contributed by atoms with Crippen molar-refractivity contribution in [1.82, 2.24) is 19.8 Å². The highest BCUT2D eigenvalue weighted by Gasteiger charge is 2.43. The second-order valence-corrected chi connectivity index (χ2v) is 9.46.